The molecule has 0 spiro atoms. The topological polar surface area (TPSA) is 44.5 Å². The van der Waals surface area contributed by atoms with Crippen molar-refractivity contribution < 1.29 is 9.47 Å². The average Bonchev–Trinajstić information content (AvgIpc) is 2.77. The number of nitrogens with two attached hydrogens (primary N) is 1. The van der Waals surface area contributed by atoms with Crippen LogP contribution >= 0.6 is 0 Å². The number of para-hydroxylation sites is 1. The Morgan fingerprint density at radius 1 is 1.40 bits per heavy atom. The maximum absolute atomic E-state index is 6.05. The highest BCUT2D eigenvalue weighted by atomic mass is 16.6. The Morgan fingerprint density at radius 2 is 2.15 bits per heavy atom. The second kappa shape index (κ2) is 6.59. The number of rotatable bonds is 6. The largest absolute Gasteiger partial charge is 0.491 e. The molecular formula is C17H27NO2. The van der Waals surface area contributed by atoms with Crippen molar-refractivity contribution in [1.29, 1.82) is 0 Å². The Bertz CT molecular complexity index is 431. The molecular weight excluding hydrogens is 250 g/mol. The molecule has 1 aliphatic heterocycles. The van der Waals surface area contributed by atoms with Crippen molar-refractivity contribution in [3.05, 3.63) is 29.8 Å². The molecule has 0 amide bonds. The molecule has 2 rings (SSSR count). The van der Waals surface area contributed by atoms with Crippen LogP contribution in [0.5, 0.6) is 5.75 Å². The second-order valence-corrected chi connectivity index (χ2v) is 6.33. The molecule has 2 unspecified atom stereocenters. The first kappa shape index (κ1) is 15.3. The van der Waals surface area contributed by atoms with Crippen molar-refractivity contribution in [2.75, 3.05) is 6.61 Å². The van der Waals surface area contributed by atoms with E-state index in [1.165, 1.54) is 5.56 Å². The van der Waals surface area contributed by atoms with E-state index >= 15 is 0 Å². The monoisotopic (exact) mass is 277 g/mol. The summed E-state index contributed by atoms with van der Waals surface area (Å²) in [5.41, 5.74) is 7.24. The molecule has 20 heavy (non-hydrogen) atoms. The molecule has 1 aromatic rings. The summed E-state index contributed by atoms with van der Waals surface area (Å²) in [7, 11) is 0. The Kier molecular flexibility index (Phi) is 5.06. The first-order valence-corrected chi connectivity index (χ1v) is 7.64. The van der Waals surface area contributed by atoms with E-state index in [9.17, 15) is 0 Å². The molecule has 2 N–H and O–H groups in total. The summed E-state index contributed by atoms with van der Waals surface area (Å²) in [4.78, 5) is 0. The highest BCUT2D eigenvalue weighted by Gasteiger charge is 2.31. The van der Waals surface area contributed by atoms with E-state index in [1.54, 1.807) is 0 Å². The lowest BCUT2D eigenvalue weighted by atomic mass is 10.0. The van der Waals surface area contributed by atoms with Gasteiger partial charge in [-0.15, -0.1) is 0 Å². The molecule has 1 saturated heterocycles. The fraction of sp³-hybridized carbons (Fsp3) is 0.647. The van der Waals surface area contributed by atoms with Gasteiger partial charge in [-0.2, -0.15) is 0 Å². The first-order valence-electron chi connectivity index (χ1n) is 7.64. The van der Waals surface area contributed by atoms with Gasteiger partial charge >= 0.3 is 0 Å². The summed E-state index contributed by atoms with van der Waals surface area (Å²) in [6, 6.07) is 8.37. The summed E-state index contributed by atoms with van der Waals surface area (Å²) in [6.45, 7) is 7.02. The van der Waals surface area contributed by atoms with Crippen LogP contribution in [0.15, 0.2) is 24.3 Å². The van der Waals surface area contributed by atoms with Gasteiger partial charge in [0, 0.05) is 6.04 Å². The third-order valence-electron chi connectivity index (χ3n) is 3.96. The Balaban J connectivity index is 1.92. The van der Waals surface area contributed by atoms with E-state index < -0.39 is 0 Å². The van der Waals surface area contributed by atoms with E-state index in [-0.39, 0.29) is 17.7 Å². The fourth-order valence-corrected chi connectivity index (χ4v) is 2.62. The zero-order valence-corrected chi connectivity index (χ0v) is 12.9. The molecule has 0 radical (unpaired) electrons. The maximum atomic E-state index is 6.05. The minimum absolute atomic E-state index is 0.00188. The number of hydrogen-bond acceptors (Lipinski definition) is 3. The van der Waals surface area contributed by atoms with Gasteiger partial charge in [0.05, 0.1) is 11.7 Å². The fourth-order valence-electron chi connectivity index (χ4n) is 2.62. The van der Waals surface area contributed by atoms with Crippen LogP contribution in [0, 0.1) is 0 Å². The zero-order chi connectivity index (χ0) is 14.6. The quantitative estimate of drug-likeness (QED) is 0.867. The van der Waals surface area contributed by atoms with Gasteiger partial charge in [-0.25, -0.2) is 0 Å². The smallest absolute Gasteiger partial charge is 0.122 e. The molecule has 1 heterocycles. The molecule has 0 aliphatic carbocycles. The van der Waals surface area contributed by atoms with Gasteiger partial charge in [0.25, 0.3) is 0 Å². The lowest BCUT2D eigenvalue weighted by molar-refractivity contribution is -0.0327. The summed E-state index contributed by atoms with van der Waals surface area (Å²) < 4.78 is 11.9. The van der Waals surface area contributed by atoms with Crippen LogP contribution < -0.4 is 10.5 Å². The molecule has 0 aromatic heterocycles. The van der Waals surface area contributed by atoms with Gasteiger partial charge < -0.3 is 15.2 Å². The number of hydrogen-bond donors (Lipinski definition) is 1. The molecule has 112 valence electrons. The highest BCUT2D eigenvalue weighted by Crippen LogP contribution is 2.30. The molecule has 1 aliphatic rings. The molecule has 0 saturated carbocycles. The van der Waals surface area contributed by atoms with Crippen molar-refractivity contribution in [1.82, 2.24) is 0 Å². The van der Waals surface area contributed by atoms with E-state index in [0.717, 1.165) is 31.4 Å². The second-order valence-electron chi connectivity index (χ2n) is 6.33. The van der Waals surface area contributed by atoms with Crippen LogP contribution in [0.4, 0.5) is 0 Å². The molecule has 2 atom stereocenters. The van der Waals surface area contributed by atoms with Crippen LogP contribution in [0.1, 0.15) is 45.6 Å². The van der Waals surface area contributed by atoms with Crippen molar-refractivity contribution in [2.45, 2.75) is 64.2 Å². The molecule has 1 fully saturated rings. The van der Waals surface area contributed by atoms with E-state index in [0.29, 0.717) is 6.61 Å². The first-order chi connectivity index (χ1) is 9.50. The summed E-state index contributed by atoms with van der Waals surface area (Å²) in [5.74, 6) is 0.949. The predicted molar refractivity (Wildman–Crippen MR) is 82.1 cm³/mol. The SMILES string of the molecule is CCC(N)Cc1ccccc1OCC1CCC(C)(C)O1. The van der Waals surface area contributed by atoms with E-state index in [2.05, 4.69) is 26.8 Å². The predicted octanol–water partition coefficient (Wildman–Crippen LogP) is 3.30. The molecule has 3 nitrogen and oxygen atoms in total. The normalized spacial score (nSPS) is 22.7. The van der Waals surface area contributed by atoms with Crippen LogP contribution in [-0.4, -0.2) is 24.4 Å². The van der Waals surface area contributed by atoms with Gasteiger partial charge in [-0.3, -0.25) is 0 Å². The van der Waals surface area contributed by atoms with Crippen molar-refractivity contribution >= 4 is 0 Å². The summed E-state index contributed by atoms with van der Waals surface area (Å²) >= 11 is 0. The van der Waals surface area contributed by atoms with Crippen LogP contribution in [-0.2, 0) is 11.2 Å². The Hall–Kier alpha value is -1.06. The van der Waals surface area contributed by atoms with Crippen LogP contribution in [0.25, 0.3) is 0 Å². The standard InChI is InChI=1S/C17H27NO2/c1-4-14(18)11-13-7-5-6-8-16(13)19-12-15-9-10-17(2,3)20-15/h5-8,14-15H,4,9-12,18H2,1-3H3. The summed E-state index contributed by atoms with van der Waals surface area (Å²) in [6.07, 6.45) is 4.23. The molecule has 1 aromatic carbocycles. The lowest BCUT2D eigenvalue weighted by Crippen LogP contribution is -2.25. The zero-order valence-electron chi connectivity index (χ0n) is 12.9. The Labute approximate surface area is 122 Å². The van der Waals surface area contributed by atoms with Crippen molar-refractivity contribution in [3.8, 4) is 5.75 Å². The van der Waals surface area contributed by atoms with Gasteiger partial charge in [0.1, 0.15) is 12.4 Å². The van der Waals surface area contributed by atoms with Crippen LogP contribution in [0.2, 0.25) is 0 Å². The van der Waals surface area contributed by atoms with Gasteiger partial charge in [0.15, 0.2) is 0 Å². The van der Waals surface area contributed by atoms with Crippen LogP contribution in [0.3, 0.4) is 0 Å². The minimum Gasteiger partial charge on any atom is -0.491 e. The van der Waals surface area contributed by atoms with E-state index in [4.69, 9.17) is 15.2 Å². The Morgan fingerprint density at radius 3 is 2.80 bits per heavy atom. The maximum Gasteiger partial charge on any atom is 0.122 e. The average molecular weight is 277 g/mol. The third-order valence-corrected chi connectivity index (χ3v) is 3.96. The van der Waals surface area contributed by atoms with Crippen molar-refractivity contribution in [3.63, 3.8) is 0 Å². The van der Waals surface area contributed by atoms with Gasteiger partial charge in [0.2, 0.25) is 0 Å². The molecule has 3 heteroatoms. The molecule has 0 bridgehead atoms. The summed E-state index contributed by atoms with van der Waals surface area (Å²) in [5, 5.41) is 0. The lowest BCUT2D eigenvalue weighted by Gasteiger charge is -2.20. The third kappa shape index (κ3) is 4.22. The van der Waals surface area contributed by atoms with E-state index in [1.807, 2.05) is 18.2 Å². The van der Waals surface area contributed by atoms with Gasteiger partial charge in [-0.05, 0) is 51.2 Å². The number of benzene rings is 1. The number of ether oxygens (including phenoxy) is 2. The minimum atomic E-state index is -0.00188. The van der Waals surface area contributed by atoms with Gasteiger partial charge in [-0.1, -0.05) is 25.1 Å². The highest BCUT2D eigenvalue weighted by molar-refractivity contribution is 5.34. The van der Waals surface area contributed by atoms with Crippen molar-refractivity contribution in [2.24, 2.45) is 5.73 Å².